The van der Waals surface area contributed by atoms with Gasteiger partial charge in [0.2, 0.25) is 0 Å². The van der Waals surface area contributed by atoms with Crippen LogP contribution in [0, 0.1) is 17.7 Å². The molecule has 4 heteroatoms. The van der Waals surface area contributed by atoms with Crippen LogP contribution in [-0.2, 0) is 0 Å². The first-order valence-corrected chi connectivity index (χ1v) is 6.75. The van der Waals surface area contributed by atoms with Crippen LogP contribution in [0.4, 0.5) is 4.39 Å². The van der Waals surface area contributed by atoms with Gasteiger partial charge in [0.15, 0.2) is 0 Å². The van der Waals surface area contributed by atoms with Crippen molar-refractivity contribution in [1.29, 1.82) is 0 Å². The number of hydrogen-bond donors (Lipinski definition) is 2. The van der Waals surface area contributed by atoms with Crippen LogP contribution in [0.15, 0.2) is 18.2 Å². The number of rotatable bonds is 5. The minimum absolute atomic E-state index is 0.208. The summed E-state index contributed by atoms with van der Waals surface area (Å²) < 4.78 is 13.0. The van der Waals surface area contributed by atoms with Crippen molar-refractivity contribution in [1.82, 2.24) is 0 Å². The SMILES string of the molecule is CC(C1CC1)C(O)C(CN)c1ccc(F)cc1Cl. The fraction of sp³-hybridized carbons (Fsp3) is 0.571. The molecule has 1 saturated carbocycles. The molecular weight excluding hydrogens is 253 g/mol. The summed E-state index contributed by atoms with van der Waals surface area (Å²) in [7, 11) is 0. The van der Waals surface area contributed by atoms with Gasteiger partial charge >= 0.3 is 0 Å². The van der Waals surface area contributed by atoms with E-state index in [0.717, 1.165) is 5.56 Å². The fourth-order valence-corrected chi connectivity index (χ4v) is 2.83. The van der Waals surface area contributed by atoms with Crippen LogP contribution < -0.4 is 5.73 Å². The molecule has 1 aromatic carbocycles. The van der Waals surface area contributed by atoms with E-state index in [4.69, 9.17) is 17.3 Å². The lowest BCUT2D eigenvalue weighted by Gasteiger charge is -2.27. The topological polar surface area (TPSA) is 46.2 Å². The summed E-state index contributed by atoms with van der Waals surface area (Å²) in [5.41, 5.74) is 6.50. The van der Waals surface area contributed by atoms with Crippen molar-refractivity contribution in [2.75, 3.05) is 6.54 Å². The summed E-state index contributed by atoms with van der Waals surface area (Å²) in [4.78, 5) is 0. The van der Waals surface area contributed by atoms with Crippen molar-refractivity contribution in [2.24, 2.45) is 17.6 Å². The summed E-state index contributed by atoms with van der Waals surface area (Å²) in [5.74, 6) is 0.200. The molecule has 1 fully saturated rings. The average Bonchev–Trinajstić information content (AvgIpc) is 3.15. The van der Waals surface area contributed by atoms with Gasteiger partial charge in [-0.3, -0.25) is 0 Å². The van der Waals surface area contributed by atoms with Gasteiger partial charge in [0.25, 0.3) is 0 Å². The van der Waals surface area contributed by atoms with E-state index in [-0.39, 0.29) is 17.7 Å². The molecule has 0 radical (unpaired) electrons. The zero-order valence-electron chi connectivity index (χ0n) is 10.4. The van der Waals surface area contributed by atoms with Crippen LogP contribution >= 0.6 is 11.6 Å². The standard InChI is InChI=1S/C14H19ClFNO/c1-8(9-2-3-9)14(18)12(7-17)11-5-4-10(16)6-13(11)15/h4-6,8-9,12,14,18H,2-3,7,17H2,1H3. The van der Waals surface area contributed by atoms with Crippen molar-refractivity contribution in [3.05, 3.63) is 34.6 Å². The van der Waals surface area contributed by atoms with Crippen LogP contribution in [-0.4, -0.2) is 17.8 Å². The van der Waals surface area contributed by atoms with E-state index in [2.05, 4.69) is 0 Å². The summed E-state index contributed by atoms with van der Waals surface area (Å²) in [6.07, 6.45) is 1.82. The first-order chi connectivity index (χ1) is 8.54. The predicted molar refractivity (Wildman–Crippen MR) is 71.1 cm³/mol. The van der Waals surface area contributed by atoms with Crippen LogP contribution in [0.2, 0.25) is 5.02 Å². The highest BCUT2D eigenvalue weighted by Gasteiger charge is 2.36. The smallest absolute Gasteiger partial charge is 0.124 e. The number of benzene rings is 1. The molecule has 100 valence electrons. The lowest BCUT2D eigenvalue weighted by molar-refractivity contribution is 0.0801. The van der Waals surface area contributed by atoms with Crippen molar-refractivity contribution < 1.29 is 9.50 Å². The largest absolute Gasteiger partial charge is 0.392 e. The zero-order chi connectivity index (χ0) is 13.3. The Morgan fingerprint density at radius 2 is 2.17 bits per heavy atom. The number of aliphatic hydroxyl groups is 1. The Morgan fingerprint density at radius 1 is 1.50 bits per heavy atom. The molecule has 1 aliphatic carbocycles. The van der Waals surface area contributed by atoms with Gasteiger partial charge in [0, 0.05) is 17.5 Å². The Balaban J connectivity index is 2.20. The van der Waals surface area contributed by atoms with Gasteiger partial charge in [-0.25, -0.2) is 4.39 Å². The Hall–Kier alpha value is -0.640. The summed E-state index contributed by atoms with van der Waals surface area (Å²) in [5, 5.41) is 10.7. The molecule has 3 unspecified atom stereocenters. The van der Waals surface area contributed by atoms with Gasteiger partial charge in [-0.1, -0.05) is 24.6 Å². The highest BCUT2D eigenvalue weighted by atomic mass is 35.5. The molecule has 18 heavy (non-hydrogen) atoms. The Morgan fingerprint density at radius 3 is 2.67 bits per heavy atom. The Bertz CT molecular complexity index is 422. The van der Waals surface area contributed by atoms with Gasteiger partial charge in [-0.15, -0.1) is 0 Å². The third-order valence-electron chi connectivity index (χ3n) is 3.93. The summed E-state index contributed by atoms with van der Waals surface area (Å²) in [6, 6.07) is 4.25. The fourth-order valence-electron chi connectivity index (χ4n) is 2.52. The molecule has 0 spiro atoms. The molecule has 0 heterocycles. The van der Waals surface area contributed by atoms with Crippen molar-refractivity contribution in [3.63, 3.8) is 0 Å². The van der Waals surface area contributed by atoms with E-state index >= 15 is 0 Å². The third kappa shape index (κ3) is 2.85. The molecule has 0 aliphatic heterocycles. The monoisotopic (exact) mass is 271 g/mol. The number of aliphatic hydroxyl groups excluding tert-OH is 1. The highest BCUT2D eigenvalue weighted by molar-refractivity contribution is 6.31. The lowest BCUT2D eigenvalue weighted by Crippen LogP contribution is -2.32. The van der Waals surface area contributed by atoms with Crippen LogP contribution in [0.5, 0.6) is 0 Å². The highest BCUT2D eigenvalue weighted by Crippen LogP contribution is 2.42. The maximum absolute atomic E-state index is 13.0. The minimum Gasteiger partial charge on any atom is -0.392 e. The number of halogens is 2. The van der Waals surface area contributed by atoms with E-state index in [1.54, 1.807) is 6.07 Å². The molecule has 3 N–H and O–H groups in total. The Labute approximate surface area is 112 Å². The Kier molecular flexibility index (Phi) is 4.25. The molecule has 2 rings (SSSR count). The molecule has 1 aromatic rings. The second kappa shape index (κ2) is 5.55. The maximum Gasteiger partial charge on any atom is 0.124 e. The second-order valence-electron chi connectivity index (χ2n) is 5.20. The van der Waals surface area contributed by atoms with Gasteiger partial charge < -0.3 is 10.8 Å². The first kappa shape index (κ1) is 13.8. The molecular formula is C14H19ClFNO. The number of hydrogen-bond acceptors (Lipinski definition) is 2. The van der Waals surface area contributed by atoms with Crippen molar-refractivity contribution in [3.8, 4) is 0 Å². The normalized spacial score (nSPS) is 20.5. The minimum atomic E-state index is -0.523. The van der Waals surface area contributed by atoms with Crippen molar-refractivity contribution in [2.45, 2.75) is 31.8 Å². The van der Waals surface area contributed by atoms with E-state index < -0.39 is 6.10 Å². The van der Waals surface area contributed by atoms with Crippen LogP contribution in [0.1, 0.15) is 31.2 Å². The van der Waals surface area contributed by atoms with Gasteiger partial charge in [0.1, 0.15) is 5.82 Å². The predicted octanol–water partition coefficient (Wildman–Crippen LogP) is 2.93. The van der Waals surface area contributed by atoms with E-state index in [1.165, 1.54) is 25.0 Å². The average molecular weight is 272 g/mol. The third-order valence-corrected chi connectivity index (χ3v) is 4.26. The second-order valence-corrected chi connectivity index (χ2v) is 5.60. The molecule has 0 saturated heterocycles. The van der Waals surface area contributed by atoms with Crippen LogP contribution in [0.25, 0.3) is 0 Å². The zero-order valence-corrected chi connectivity index (χ0v) is 11.2. The van der Waals surface area contributed by atoms with E-state index in [1.807, 2.05) is 6.92 Å². The van der Waals surface area contributed by atoms with Gasteiger partial charge in [-0.05, 0) is 42.4 Å². The first-order valence-electron chi connectivity index (χ1n) is 6.37. The molecule has 3 atom stereocenters. The molecule has 0 amide bonds. The number of nitrogens with two attached hydrogens (primary N) is 1. The van der Waals surface area contributed by atoms with Gasteiger partial charge in [0.05, 0.1) is 6.10 Å². The molecule has 0 aromatic heterocycles. The molecule has 0 bridgehead atoms. The van der Waals surface area contributed by atoms with E-state index in [0.29, 0.717) is 17.5 Å². The lowest BCUT2D eigenvalue weighted by atomic mass is 9.84. The van der Waals surface area contributed by atoms with Gasteiger partial charge in [-0.2, -0.15) is 0 Å². The summed E-state index contributed by atoms with van der Waals surface area (Å²) in [6.45, 7) is 2.35. The molecule has 2 nitrogen and oxygen atoms in total. The van der Waals surface area contributed by atoms with E-state index in [9.17, 15) is 9.50 Å². The van der Waals surface area contributed by atoms with Crippen LogP contribution in [0.3, 0.4) is 0 Å². The maximum atomic E-state index is 13.0. The quantitative estimate of drug-likeness (QED) is 0.865. The molecule has 1 aliphatic rings. The van der Waals surface area contributed by atoms with Crippen molar-refractivity contribution >= 4 is 11.6 Å². The summed E-state index contributed by atoms with van der Waals surface area (Å²) >= 11 is 6.04.